The second-order valence-corrected chi connectivity index (χ2v) is 7.52. The van der Waals surface area contributed by atoms with Crippen molar-refractivity contribution in [3.8, 4) is 11.5 Å². The number of methoxy groups -OCH3 is 3. The summed E-state index contributed by atoms with van der Waals surface area (Å²) in [5.74, 6) is 1.61. The van der Waals surface area contributed by atoms with Gasteiger partial charge in [-0.25, -0.2) is 19.9 Å². The average Bonchev–Trinajstić information content (AvgIpc) is 2.81. The minimum absolute atomic E-state index is 0.0257. The fourth-order valence-corrected chi connectivity index (χ4v) is 3.39. The van der Waals surface area contributed by atoms with E-state index >= 15 is 0 Å². The normalized spacial score (nSPS) is 11.7. The number of alkyl halides is 3. The molecule has 188 valence electrons. The van der Waals surface area contributed by atoms with Crippen LogP contribution in [0.25, 0.3) is 10.9 Å². The van der Waals surface area contributed by atoms with Gasteiger partial charge in [-0.1, -0.05) is 0 Å². The van der Waals surface area contributed by atoms with Crippen molar-refractivity contribution in [2.75, 3.05) is 39.9 Å². The molecule has 0 amide bonds. The van der Waals surface area contributed by atoms with Gasteiger partial charge in [0.05, 0.1) is 25.8 Å². The van der Waals surface area contributed by atoms with Crippen LogP contribution in [0.1, 0.15) is 17.1 Å². The Balaban J connectivity index is 1.98. The summed E-state index contributed by atoms with van der Waals surface area (Å²) in [7, 11) is 4.62. The van der Waals surface area contributed by atoms with Gasteiger partial charge >= 0.3 is 6.18 Å². The lowest BCUT2D eigenvalue weighted by Crippen LogP contribution is -2.27. The van der Waals surface area contributed by atoms with E-state index < -0.39 is 18.0 Å². The quantitative estimate of drug-likeness (QED) is 0.394. The molecule has 2 heterocycles. The third-order valence-electron chi connectivity index (χ3n) is 4.88. The number of aromatic nitrogens is 3. The number of nitrogens with one attached hydrogen (secondary N) is 1. The van der Waals surface area contributed by atoms with Crippen molar-refractivity contribution in [2.45, 2.75) is 25.7 Å². The van der Waals surface area contributed by atoms with Crippen molar-refractivity contribution in [1.82, 2.24) is 15.0 Å². The molecule has 3 rings (SSSR count). The van der Waals surface area contributed by atoms with E-state index in [4.69, 9.17) is 18.9 Å². The van der Waals surface area contributed by atoms with Crippen LogP contribution in [0.3, 0.4) is 0 Å². The number of rotatable bonds is 11. The fourth-order valence-electron chi connectivity index (χ4n) is 3.39. The average molecular weight is 493 g/mol. The number of anilines is 1. The van der Waals surface area contributed by atoms with Crippen LogP contribution >= 0.6 is 0 Å². The van der Waals surface area contributed by atoms with E-state index in [2.05, 4.69) is 32.0 Å². The van der Waals surface area contributed by atoms with Gasteiger partial charge in [0.25, 0.3) is 0 Å². The molecule has 0 saturated heterocycles. The largest absolute Gasteiger partial charge is 0.493 e. The van der Waals surface area contributed by atoms with Gasteiger partial charge < -0.3 is 24.3 Å². The van der Waals surface area contributed by atoms with E-state index in [0.717, 1.165) is 6.07 Å². The molecule has 12 heteroatoms. The minimum Gasteiger partial charge on any atom is -0.493 e. The maximum atomic E-state index is 13.2. The Bertz CT molecular complexity index is 1180. The van der Waals surface area contributed by atoms with Crippen LogP contribution < -0.4 is 14.8 Å². The molecule has 0 bridgehead atoms. The third-order valence-corrected chi connectivity index (χ3v) is 4.88. The van der Waals surface area contributed by atoms with E-state index in [1.807, 2.05) is 0 Å². The summed E-state index contributed by atoms with van der Waals surface area (Å²) in [4.78, 5) is 15.9. The zero-order chi connectivity index (χ0) is 25.6. The van der Waals surface area contributed by atoms with Crippen molar-refractivity contribution in [2.24, 2.45) is 4.99 Å². The number of aryl methyl sites for hydroxylation is 1. The predicted octanol–water partition coefficient (Wildman–Crippen LogP) is 4.35. The highest BCUT2D eigenvalue weighted by Gasteiger charge is 2.33. The molecule has 0 atom stereocenters. The minimum atomic E-state index is -4.61. The summed E-state index contributed by atoms with van der Waals surface area (Å²) < 4.78 is 61.6. The van der Waals surface area contributed by atoms with E-state index in [0.29, 0.717) is 39.6 Å². The van der Waals surface area contributed by atoms with Gasteiger partial charge in [0.15, 0.2) is 17.3 Å². The predicted molar refractivity (Wildman–Crippen MR) is 125 cm³/mol. The van der Waals surface area contributed by atoms with Gasteiger partial charge in [-0.3, -0.25) is 0 Å². The van der Waals surface area contributed by atoms with Crippen molar-refractivity contribution >= 4 is 29.3 Å². The molecule has 3 aromatic rings. The van der Waals surface area contributed by atoms with Crippen LogP contribution in [0, 0.1) is 6.92 Å². The lowest BCUT2D eigenvalue weighted by molar-refractivity contribution is -0.141. The lowest BCUT2D eigenvalue weighted by atomic mass is 10.1. The monoisotopic (exact) mass is 493 g/mol. The Kier molecular flexibility index (Phi) is 8.41. The summed E-state index contributed by atoms with van der Waals surface area (Å²) >= 11 is 0. The highest BCUT2D eigenvalue weighted by molar-refractivity contribution is 5.91. The Morgan fingerprint density at radius 3 is 2.31 bits per heavy atom. The first kappa shape index (κ1) is 26.1. The molecule has 0 radical (unpaired) electrons. The second kappa shape index (κ2) is 11.3. The first-order valence-corrected chi connectivity index (χ1v) is 10.5. The third kappa shape index (κ3) is 6.55. The number of aliphatic imine (C=N–C) groups is 1. The molecule has 0 saturated carbocycles. The van der Waals surface area contributed by atoms with E-state index in [-0.39, 0.29) is 25.6 Å². The number of hydrogen-bond donors (Lipinski definition) is 1. The number of nitrogens with zero attached hydrogens (tertiary/aromatic N) is 4. The van der Waals surface area contributed by atoms with Gasteiger partial charge in [-0.05, 0) is 37.4 Å². The Morgan fingerprint density at radius 2 is 1.71 bits per heavy atom. The number of hydrogen-bond acceptors (Lipinski definition) is 9. The smallest absolute Gasteiger partial charge is 0.433 e. The molecular formula is C23H26F3N5O4. The summed E-state index contributed by atoms with van der Waals surface area (Å²) in [6.07, 6.45) is -5.02. The van der Waals surface area contributed by atoms with E-state index in [1.165, 1.54) is 13.2 Å². The Labute approximate surface area is 200 Å². The molecule has 35 heavy (non-hydrogen) atoms. The lowest BCUT2D eigenvalue weighted by Gasteiger charge is -2.20. The van der Waals surface area contributed by atoms with Crippen LogP contribution in [-0.4, -0.2) is 62.3 Å². The SMILES string of the molecule is C=Nc1cc(CNc2nc(C)nc3cc(OC)c(OC(COC)COC)cc23)cc(C(F)(F)F)n1. The van der Waals surface area contributed by atoms with E-state index in [1.54, 1.807) is 33.3 Å². The van der Waals surface area contributed by atoms with Crippen molar-refractivity contribution in [3.05, 3.63) is 41.3 Å². The highest BCUT2D eigenvalue weighted by Crippen LogP contribution is 2.35. The standard InChI is InChI=1S/C23H26F3N5O4/c1-13-29-17-9-18(34-5)19(35-15(11-32-3)12-33-4)8-16(17)22(30-13)28-10-14-6-20(23(24,25)26)31-21(7-14)27-2/h6-9,15H,2,10-12H2,1,3-5H3,(H,28,29,30). The maximum absolute atomic E-state index is 13.2. The first-order chi connectivity index (χ1) is 16.7. The molecule has 0 aliphatic carbocycles. The maximum Gasteiger partial charge on any atom is 0.433 e. The van der Waals surface area contributed by atoms with Crippen molar-refractivity contribution in [1.29, 1.82) is 0 Å². The molecule has 0 aliphatic rings. The molecule has 9 nitrogen and oxygen atoms in total. The van der Waals surface area contributed by atoms with Crippen molar-refractivity contribution < 1.29 is 32.1 Å². The van der Waals surface area contributed by atoms with Crippen molar-refractivity contribution in [3.63, 3.8) is 0 Å². The molecule has 2 aromatic heterocycles. The number of pyridine rings is 1. The van der Waals surface area contributed by atoms with Gasteiger partial charge in [0, 0.05) is 32.2 Å². The molecule has 1 aromatic carbocycles. The molecule has 0 aliphatic heterocycles. The van der Waals surface area contributed by atoms with Crippen LogP contribution in [0.4, 0.5) is 24.8 Å². The van der Waals surface area contributed by atoms with Crippen LogP contribution in [0.2, 0.25) is 0 Å². The van der Waals surface area contributed by atoms with Gasteiger partial charge in [-0.2, -0.15) is 13.2 Å². The van der Waals surface area contributed by atoms with Crippen LogP contribution in [-0.2, 0) is 22.2 Å². The molecule has 0 fully saturated rings. The summed E-state index contributed by atoms with van der Waals surface area (Å²) in [5, 5.41) is 3.68. The van der Waals surface area contributed by atoms with Gasteiger partial charge in [0.2, 0.25) is 0 Å². The zero-order valence-electron chi connectivity index (χ0n) is 19.8. The second-order valence-electron chi connectivity index (χ2n) is 7.52. The molecule has 0 unspecified atom stereocenters. The first-order valence-electron chi connectivity index (χ1n) is 10.5. The van der Waals surface area contributed by atoms with Crippen LogP contribution in [0.15, 0.2) is 29.3 Å². The highest BCUT2D eigenvalue weighted by atomic mass is 19.4. The summed E-state index contributed by atoms with van der Waals surface area (Å²) in [6.45, 7) is 5.59. The number of ether oxygens (including phenoxy) is 4. The number of benzene rings is 1. The topological polar surface area (TPSA) is 100.0 Å². The fraction of sp³-hybridized carbons (Fsp3) is 0.391. The number of halogens is 3. The van der Waals surface area contributed by atoms with Gasteiger partial charge in [0.1, 0.15) is 23.4 Å². The molecular weight excluding hydrogens is 467 g/mol. The Hall–Kier alpha value is -3.51. The number of fused-ring (bicyclic) bond motifs is 1. The van der Waals surface area contributed by atoms with Gasteiger partial charge in [-0.15, -0.1) is 0 Å². The Morgan fingerprint density at radius 1 is 1.00 bits per heavy atom. The molecule has 1 N–H and O–H groups in total. The van der Waals surface area contributed by atoms with Crippen LogP contribution in [0.5, 0.6) is 11.5 Å². The zero-order valence-corrected chi connectivity index (χ0v) is 19.8. The molecule has 0 spiro atoms. The van der Waals surface area contributed by atoms with E-state index in [9.17, 15) is 13.2 Å². The summed E-state index contributed by atoms with van der Waals surface area (Å²) in [6, 6.07) is 5.78. The summed E-state index contributed by atoms with van der Waals surface area (Å²) in [5.41, 5.74) is -0.173.